The summed E-state index contributed by atoms with van der Waals surface area (Å²) >= 11 is 0.596. The third-order valence-corrected chi connectivity index (χ3v) is 3.92. The van der Waals surface area contributed by atoms with Crippen LogP contribution in [0.4, 0.5) is 0 Å². The maximum atomic E-state index is 11.9. The number of hydrogen-bond donors (Lipinski definition) is 6. The second-order valence-corrected chi connectivity index (χ2v) is 6.05. The zero-order chi connectivity index (χ0) is 19.6. The maximum Gasteiger partial charge on any atom is 0.322 e. The van der Waals surface area contributed by atoms with E-state index in [4.69, 9.17) is 21.1 Å². The Labute approximate surface area is 147 Å². The summed E-state index contributed by atoms with van der Waals surface area (Å²) in [5.74, 6) is -4.31. The van der Waals surface area contributed by atoms with Crippen molar-refractivity contribution in [2.45, 2.75) is 38.0 Å². The van der Waals surface area contributed by atoms with Gasteiger partial charge in [-0.15, -0.1) is 0 Å². The predicted octanol–water partition coefficient (Wildman–Crippen LogP) is -2.50. The van der Waals surface area contributed by atoms with E-state index in [0.29, 0.717) is 11.8 Å². The van der Waals surface area contributed by atoms with Crippen LogP contribution >= 0.6 is 11.8 Å². The third kappa shape index (κ3) is 10.3. The Balaban J connectivity index is 4.72. The number of carbonyl (C=O) groups is 5. The molecule has 7 N–H and O–H groups in total. The Morgan fingerprint density at radius 3 is 2.24 bits per heavy atom. The van der Waals surface area contributed by atoms with Crippen LogP contribution in [-0.2, 0) is 24.0 Å². The first-order chi connectivity index (χ1) is 11.5. The lowest BCUT2D eigenvalue weighted by Gasteiger charge is -2.18. The van der Waals surface area contributed by atoms with E-state index in [0.717, 1.165) is 0 Å². The lowest BCUT2D eigenvalue weighted by atomic mass is 10.1. The molecule has 0 fully saturated rings. The first-order valence-electron chi connectivity index (χ1n) is 7.16. The number of nitrogens with two attached hydrogens (primary N) is 1. The van der Waals surface area contributed by atoms with Crippen molar-refractivity contribution in [2.75, 3.05) is 12.3 Å². The van der Waals surface area contributed by atoms with E-state index >= 15 is 0 Å². The fraction of sp³-hybridized carbons (Fsp3) is 0.615. The highest BCUT2D eigenvalue weighted by Gasteiger charge is 2.24. The molecule has 11 nitrogen and oxygen atoms in total. The molecule has 0 saturated heterocycles. The number of carboxylic acid groups (broad SMARTS) is 2. The number of aliphatic hydroxyl groups is 1. The molecule has 0 saturated carbocycles. The van der Waals surface area contributed by atoms with Crippen molar-refractivity contribution in [2.24, 2.45) is 5.73 Å². The van der Waals surface area contributed by atoms with Crippen molar-refractivity contribution in [1.29, 1.82) is 0 Å². The number of carboxylic acids is 2. The van der Waals surface area contributed by atoms with E-state index < -0.39 is 53.6 Å². The van der Waals surface area contributed by atoms with Crippen molar-refractivity contribution in [1.82, 2.24) is 10.6 Å². The molecule has 0 bridgehead atoms. The van der Waals surface area contributed by atoms with Crippen molar-refractivity contribution >= 4 is 40.6 Å². The number of carbonyl (C=O) groups excluding carboxylic acids is 3. The average molecular weight is 379 g/mol. The Bertz CT molecular complexity index is 525. The van der Waals surface area contributed by atoms with Gasteiger partial charge in [0.25, 0.3) is 0 Å². The molecule has 12 heteroatoms. The largest absolute Gasteiger partial charge is 0.480 e. The quantitative estimate of drug-likeness (QED) is 0.223. The number of rotatable bonds is 11. The first-order valence-corrected chi connectivity index (χ1v) is 8.15. The van der Waals surface area contributed by atoms with Crippen LogP contribution in [0.15, 0.2) is 0 Å². The Hall–Kier alpha value is -2.18. The minimum absolute atomic E-state index is 0.162. The highest BCUT2D eigenvalue weighted by Crippen LogP contribution is 2.08. The van der Waals surface area contributed by atoms with Gasteiger partial charge in [0, 0.05) is 12.2 Å². The molecule has 0 heterocycles. The Morgan fingerprint density at radius 1 is 1.16 bits per heavy atom. The van der Waals surface area contributed by atoms with E-state index in [-0.39, 0.29) is 18.6 Å². The molecule has 2 amide bonds. The molecular formula is C13H21N3O8S. The smallest absolute Gasteiger partial charge is 0.322 e. The van der Waals surface area contributed by atoms with Crippen LogP contribution in [0.3, 0.4) is 0 Å². The third-order valence-electron chi connectivity index (χ3n) is 2.80. The fourth-order valence-electron chi connectivity index (χ4n) is 1.43. The summed E-state index contributed by atoms with van der Waals surface area (Å²) in [6.07, 6.45) is -1.70. The molecule has 3 atom stereocenters. The molecule has 0 aromatic carbocycles. The number of hydrogen-bond acceptors (Lipinski definition) is 8. The first kappa shape index (κ1) is 22.8. The molecule has 0 aliphatic rings. The average Bonchev–Trinajstić information content (AvgIpc) is 2.53. The normalized spacial score (nSPS) is 14.0. The molecule has 0 aromatic heterocycles. The summed E-state index contributed by atoms with van der Waals surface area (Å²) in [6.45, 7) is 0.560. The van der Waals surface area contributed by atoms with E-state index in [1.807, 2.05) is 0 Å². The van der Waals surface area contributed by atoms with Crippen LogP contribution in [0.2, 0.25) is 0 Å². The van der Waals surface area contributed by atoms with E-state index in [1.165, 1.54) is 6.92 Å². The lowest BCUT2D eigenvalue weighted by molar-refractivity contribution is -0.139. The number of aliphatic carboxylic acids is 2. The predicted molar refractivity (Wildman–Crippen MR) is 86.6 cm³/mol. The number of aliphatic hydroxyl groups excluding tert-OH is 1. The zero-order valence-corrected chi connectivity index (χ0v) is 14.2. The van der Waals surface area contributed by atoms with Gasteiger partial charge in [-0.1, -0.05) is 11.8 Å². The van der Waals surface area contributed by atoms with Gasteiger partial charge < -0.3 is 31.7 Å². The van der Waals surface area contributed by atoms with Crippen molar-refractivity contribution in [3.8, 4) is 0 Å². The summed E-state index contributed by atoms with van der Waals surface area (Å²) in [6, 6.07) is -2.48. The SMILES string of the molecule is C[C@H](O)C(=O)SC[C@H](NC(=O)CC[C@H](N)C(=O)O)C(=O)NCC(=O)O. The van der Waals surface area contributed by atoms with Gasteiger partial charge in [-0.05, 0) is 13.3 Å². The van der Waals surface area contributed by atoms with Gasteiger partial charge in [0.1, 0.15) is 24.7 Å². The van der Waals surface area contributed by atoms with Gasteiger partial charge >= 0.3 is 11.9 Å². The Morgan fingerprint density at radius 2 is 1.76 bits per heavy atom. The maximum absolute atomic E-state index is 11.9. The summed E-state index contributed by atoms with van der Waals surface area (Å²) in [5, 5.41) is 30.0. The molecule has 25 heavy (non-hydrogen) atoms. The van der Waals surface area contributed by atoms with Crippen LogP contribution in [0.1, 0.15) is 19.8 Å². The minimum atomic E-state index is -1.29. The zero-order valence-electron chi connectivity index (χ0n) is 13.4. The van der Waals surface area contributed by atoms with Gasteiger partial charge in [-0.3, -0.25) is 24.0 Å². The minimum Gasteiger partial charge on any atom is -0.480 e. The molecule has 0 unspecified atom stereocenters. The van der Waals surface area contributed by atoms with Crippen LogP contribution < -0.4 is 16.4 Å². The monoisotopic (exact) mass is 379 g/mol. The molecule has 142 valence electrons. The number of thioether (sulfide) groups is 1. The number of amides is 2. The molecule has 0 aromatic rings. The van der Waals surface area contributed by atoms with Crippen molar-refractivity contribution in [3.05, 3.63) is 0 Å². The number of nitrogens with one attached hydrogen (secondary N) is 2. The van der Waals surface area contributed by atoms with Crippen LogP contribution in [0.5, 0.6) is 0 Å². The second-order valence-electron chi connectivity index (χ2n) is 5.02. The van der Waals surface area contributed by atoms with Crippen molar-refractivity contribution in [3.63, 3.8) is 0 Å². The lowest BCUT2D eigenvalue weighted by Crippen LogP contribution is -2.49. The van der Waals surface area contributed by atoms with Gasteiger partial charge in [0.15, 0.2) is 0 Å². The summed E-state index contributed by atoms with van der Waals surface area (Å²) in [7, 11) is 0. The molecule has 0 rings (SSSR count). The standard InChI is InChI=1S/C13H21N3O8S/c1-6(17)13(24)25-5-8(11(21)15-4-10(19)20)16-9(18)3-2-7(14)12(22)23/h6-8,17H,2-5,14H2,1H3,(H,15,21)(H,16,18)(H,19,20)(H,22,23)/t6-,7-,8-/m0/s1. The van der Waals surface area contributed by atoms with E-state index in [2.05, 4.69) is 10.6 Å². The van der Waals surface area contributed by atoms with Crippen LogP contribution in [0.25, 0.3) is 0 Å². The van der Waals surface area contributed by atoms with E-state index in [9.17, 15) is 24.0 Å². The Kier molecular flexibility index (Phi) is 10.4. The molecule has 0 aliphatic heterocycles. The highest BCUT2D eigenvalue weighted by molar-refractivity contribution is 8.13. The van der Waals surface area contributed by atoms with Crippen LogP contribution in [-0.4, -0.2) is 74.7 Å². The van der Waals surface area contributed by atoms with E-state index in [1.54, 1.807) is 0 Å². The summed E-state index contributed by atoms with van der Waals surface area (Å²) in [4.78, 5) is 56.2. The van der Waals surface area contributed by atoms with Gasteiger partial charge in [0.05, 0.1) is 0 Å². The van der Waals surface area contributed by atoms with Gasteiger partial charge in [-0.25, -0.2) is 0 Å². The van der Waals surface area contributed by atoms with Crippen molar-refractivity contribution < 1.29 is 39.3 Å². The topological polar surface area (TPSA) is 196 Å². The summed E-state index contributed by atoms with van der Waals surface area (Å²) in [5.41, 5.74) is 5.27. The molecule has 0 aliphatic carbocycles. The second kappa shape index (κ2) is 11.4. The van der Waals surface area contributed by atoms with Gasteiger partial charge in [0.2, 0.25) is 16.9 Å². The fourth-order valence-corrected chi connectivity index (χ4v) is 2.24. The molecular weight excluding hydrogens is 358 g/mol. The molecule has 0 radical (unpaired) electrons. The highest BCUT2D eigenvalue weighted by atomic mass is 32.2. The molecule has 0 spiro atoms. The summed E-state index contributed by atoms with van der Waals surface area (Å²) < 4.78 is 0. The van der Waals surface area contributed by atoms with Gasteiger partial charge in [-0.2, -0.15) is 0 Å². The van der Waals surface area contributed by atoms with Crippen LogP contribution in [0, 0.1) is 0 Å².